The quantitative estimate of drug-likeness (QED) is 0.783. The summed E-state index contributed by atoms with van der Waals surface area (Å²) in [6.45, 7) is 1.86. The maximum atomic E-state index is 12.2. The Hall–Kier alpha value is -1.59. The van der Waals surface area contributed by atoms with Crippen LogP contribution in [0.3, 0.4) is 0 Å². The number of para-hydroxylation sites is 1. The van der Waals surface area contributed by atoms with Gasteiger partial charge >= 0.3 is 0 Å². The number of methoxy groups -OCH3 is 2. The second-order valence-corrected chi connectivity index (χ2v) is 4.70. The van der Waals surface area contributed by atoms with Gasteiger partial charge in [-0.1, -0.05) is 18.2 Å². The maximum Gasteiger partial charge on any atom is 0.243 e. The van der Waals surface area contributed by atoms with Crippen LogP contribution in [0.4, 0.5) is 5.69 Å². The molecule has 0 bridgehead atoms. The van der Waals surface area contributed by atoms with E-state index in [1.54, 1.807) is 14.2 Å². The van der Waals surface area contributed by atoms with Crippen molar-refractivity contribution in [3.05, 3.63) is 29.8 Å². The summed E-state index contributed by atoms with van der Waals surface area (Å²) in [5.41, 5.74) is 2.20. The molecule has 2 rings (SSSR count). The Bertz CT molecular complexity index is 421. The molecule has 5 heteroatoms. The number of amides is 1. The van der Waals surface area contributed by atoms with E-state index in [4.69, 9.17) is 9.47 Å². The number of carbonyl (C=O) groups excluding carboxylic acids is 1. The number of benzene rings is 1. The van der Waals surface area contributed by atoms with Crippen molar-refractivity contribution in [1.82, 2.24) is 5.32 Å². The minimum absolute atomic E-state index is 0.0391. The molecule has 0 saturated heterocycles. The van der Waals surface area contributed by atoms with Gasteiger partial charge in [0.25, 0.3) is 0 Å². The fourth-order valence-electron chi connectivity index (χ4n) is 2.35. The summed E-state index contributed by atoms with van der Waals surface area (Å²) in [4.78, 5) is 12.2. The van der Waals surface area contributed by atoms with E-state index in [0.717, 1.165) is 5.69 Å². The predicted molar refractivity (Wildman–Crippen MR) is 73.0 cm³/mol. The van der Waals surface area contributed by atoms with E-state index in [-0.39, 0.29) is 18.0 Å². The lowest BCUT2D eigenvalue weighted by molar-refractivity contribution is -0.136. The van der Waals surface area contributed by atoms with Gasteiger partial charge in [0.15, 0.2) is 6.29 Å². The molecule has 1 aliphatic heterocycles. The highest BCUT2D eigenvalue weighted by molar-refractivity contribution is 5.87. The zero-order chi connectivity index (χ0) is 13.8. The fraction of sp³-hybridized carbons (Fsp3) is 0.500. The molecule has 1 amide bonds. The number of nitrogens with one attached hydrogen (secondary N) is 2. The average Bonchev–Trinajstić information content (AvgIpc) is 2.84. The smallest absolute Gasteiger partial charge is 0.243 e. The Balaban J connectivity index is 1.93. The third kappa shape index (κ3) is 3.05. The van der Waals surface area contributed by atoms with Crippen molar-refractivity contribution in [3.63, 3.8) is 0 Å². The van der Waals surface area contributed by atoms with E-state index < -0.39 is 6.29 Å². The largest absolute Gasteiger partial charge is 0.373 e. The molecule has 1 unspecified atom stereocenters. The number of rotatable bonds is 5. The van der Waals surface area contributed by atoms with E-state index in [1.807, 2.05) is 31.2 Å². The number of carbonyl (C=O) groups is 1. The number of anilines is 1. The minimum Gasteiger partial charge on any atom is -0.373 e. The molecule has 0 aromatic heterocycles. The van der Waals surface area contributed by atoms with Gasteiger partial charge in [0, 0.05) is 26.3 Å². The van der Waals surface area contributed by atoms with Crippen LogP contribution >= 0.6 is 0 Å². The molecule has 1 aromatic rings. The summed E-state index contributed by atoms with van der Waals surface area (Å²) < 4.78 is 10.3. The first-order valence-corrected chi connectivity index (χ1v) is 6.36. The number of hydrogen-bond donors (Lipinski definition) is 2. The second kappa shape index (κ2) is 6.04. The molecule has 0 aliphatic carbocycles. The molecule has 1 heterocycles. The Morgan fingerprint density at radius 1 is 1.37 bits per heavy atom. The topological polar surface area (TPSA) is 59.6 Å². The second-order valence-electron chi connectivity index (χ2n) is 4.70. The van der Waals surface area contributed by atoms with Gasteiger partial charge < -0.3 is 20.1 Å². The van der Waals surface area contributed by atoms with Crippen LogP contribution in [-0.4, -0.2) is 38.5 Å². The summed E-state index contributed by atoms with van der Waals surface area (Å²) in [5, 5.41) is 6.13. The summed E-state index contributed by atoms with van der Waals surface area (Å²) in [6, 6.07) is 7.53. The first-order chi connectivity index (χ1) is 9.15. The Morgan fingerprint density at radius 2 is 2.05 bits per heavy atom. The minimum atomic E-state index is -0.437. The summed E-state index contributed by atoms with van der Waals surface area (Å²) >= 11 is 0. The zero-order valence-corrected chi connectivity index (χ0v) is 11.5. The molecular weight excluding hydrogens is 244 g/mol. The molecule has 2 atom stereocenters. The Kier molecular flexibility index (Phi) is 4.39. The molecule has 104 valence electrons. The molecule has 1 aromatic carbocycles. The molecule has 2 N–H and O–H groups in total. The van der Waals surface area contributed by atoms with Crippen LogP contribution < -0.4 is 10.6 Å². The first-order valence-electron chi connectivity index (χ1n) is 6.36. The van der Waals surface area contributed by atoms with Crippen LogP contribution in [0.25, 0.3) is 0 Å². The molecule has 0 saturated carbocycles. The number of fused-ring (bicyclic) bond motifs is 1. The van der Waals surface area contributed by atoms with Gasteiger partial charge in [-0.25, -0.2) is 0 Å². The van der Waals surface area contributed by atoms with Crippen molar-refractivity contribution in [2.75, 3.05) is 19.5 Å². The van der Waals surface area contributed by atoms with E-state index in [2.05, 4.69) is 10.6 Å². The normalized spacial score (nSPS) is 18.8. The monoisotopic (exact) mass is 264 g/mol. The maximum absolute atomic E-state index is 12.2. The molecular formula is C14H20N2O3. The zero-order valence-electron chi connectivity index (χ0n) is 11.5. The van der Waals surface area contributed by atoms with Crippen molar-refractivity contribution in [2.45, 2.75) is 31.7 Å². The van der Waals surface area contributed by atoms with Crippen molar-refractivity contribution in [2.24, 2.45) is 0 Å². The van der Waals surface area contributed by atoms with Crippen LogP contribution in [0.15, 0.2) is 24.3 Å². The standard InChI is InChI=1S/C14H20N2O3/c1-9(14(18-2)19-3)15-13(17)12-8-10-6-4-5-7-11(10)16-12/h4-7,9,12,14,16H,8H2,1-3H3,(H,15,17)/t9?,12-/m0/s1. The first kappa shape index (κ1) is 13.8. The lowest BCUT2D eigenvalue weighted by Crippen LogP contribution is -2.48. The van der Waals surface area contributed by atoms with Crippen molar-refractivity contribution in [1.29, 1.82) is 0 Å². The summed E-state index contributed by atoms with van der Waals surface area (Å²) in [7, 11) is 3.11. The third-order valence-electron chi connectivity index (χ3n) is 3.33. The molecule has 19 heavy (non-hydrogen) atoms. The number of hydrogen-bond acceptors (Lipinski definition) is 4. The average molecular weight is 264 g/mol. The summed E-state index contributed by atoms with van der Waals surface area (Å²) in [5.74, 6) is -0.0391. The lowest BCUT2D eigenvalue weighted by Gasteiger charge is -2.23. The van der Waals surface area contributed by atoms with E-state index >= 15 is 0 Å². The molecule has 0 fully saturated rings. The van der Waals surface area contributed by atoms with Gasteiger partial charge in [-0.05, 0) is 18.6 Å². The Labute approximate surface area is 113 Å². The molecule has 0 radical (unpaired) electrons. The van der Waals surface area contributed by atoms with Crippen LogP contribution in [0.1, 0.15) is 12.5 Å². The highest BCUT2D eigenvalue weighted by atomic mass is 16.7. The van der Waals surface area contributed by atoms with Gasteiger partial charge in [-0.3, -0.25) is 4.79 Å². The van der Waals surface area contributed by atoms with Crippen molar-refractivity contribution < 1.29 is 14.3 Å². The number of ether oxygens (including phenoxy) is 2. The van der Waals surface area contributed by atoms with Crippen LogP contribution in [0.2, 0.25) is 0 Å². The van der Waals surface area contributed by atoms with Gasteiger partial charge in [-0.15, -0.1) is 0 Å². The molecule has 1 aliphatic rings. The van der Waals surface area contributed by atoms with Crippen molar-refractivity contribution >= 4 is 11.6 Å². The van der Waals surface area contributed by atoms with E-state index in [0.29, 0.717) is 6.42 Å². The van der Waals surface area contributed by atoms with Crippen LogP contribution in [-0.2, 0) is 20.7 Å². The van der Waals surface area contributed by atoms with Crippen LogP contribution in [0.5, 0.6) is 0 Å². The highest BCUT2D eigenvalue weighted by Crippen LogP contribution is 2.25. The van der Waals surface area contributed by atoms with E-state index in [9.17, 15) is 4.79 Å². The molecule has 0 spiro atoms. The fourth-order valence-corrected chi connectivity index (χ4v) is 2.35. The molecule has 5 nitrogen and oxygen atoms in total. The van der Waals surface area contributed by atoms with Gasteiger partial charge in [0.1, 0.15) is 6.04 Å². The van der Waals surface area contributed by atoms with E-state index in [1.165, 1.54) is 5.56 Å². The van der Waals surface area contributed by atoms with Crippen LogP contribution in [0, 0.1) is 0 Å². The Morgan fingerprint density at radius 3 is 2.68 bits per heavy atom. The SMILES string of the molecule is COC(OC)C(C)NC(=O)[C@@H]1Cc2ccccc2N1. The lowest BCUT2D eigenvalue weighted by atomic mass is 10.1. The predicted octanol–water partition coefficient (Wildman–Crippen LogP) is 1.15. The summed E-state index contributed by atoms with van der Waals surface area (Å²) in [6.07, 6.45) is 0.270. The van der Waals surface area contributed by atoms with Gasteiger partial charge in [-0.2, -0.15) is 0 Å². The van der Waals surface area contributed by atoms with Crippen molar-refractivity contribution in [3.8, 4) is 0 Å². The van der Waals surface area contributed by atoms with Gasteiger partial charge in [0.2, 0.25) is 5.91 Å². The third-order valence-corrected chi connectivity index (χ3v) is 3.33. The van der Waals surface area contributed by atoms with Gasteiger partial charge in [0.05, 0.1) is 6.04 Å². The highest BCUT2D eigenvalue weighted by Gasteiger charge is 2.28.